The summed E-state index contributed by atoms with van der Waals surface area (Å²) in [7, 11) is 0. The van der Waals surface area contributed by atoms with Crippen LogP contribution in [-0.4, -0.2) is 15.8 Å². The summed E-state index contributed by atoms with van der Waals surface area (Å²) in [6, 6.07) is 8.63. The molecule has 0 saturated carbocycles. The van der Waals surface area contributed by atoms with Gasteiger partial charge in [0.25, 0.3) is 0 Å². The van der Waals surface area contributed by atoms with Crippen LogP contribution in [0.5, 0.6) is 0 Å². The summed E-state index contributed by atoms with van der Waals surface area (Å²) in [5, 5.41) is 4.41. The van der Waals surface area contributed by atoms with Crippen LogP contribution in [0.3, 0.4) is 0 Å². The molecule has 0 radical (unpaired) electrons. The van der Waals surface area contributed by atoms with Crippen LogP contribution >= 0.6 is 0 Å². The predicted octanol–water partition coefficient (Wildman–Crippen LogP) is 2.46. The molecular formula is C15H20FN3. The molecule has 3 nitrogen and oxygen atoms in total. The van der Waals surface area contributed by atoms with Crippen LogP contribution in [0.25, 0.3) is 0 Å². The molecular weight excluding hydrogens is 241 g/mol. The van der Waals surface area contributed by atoms with Gasteiger partial charge in [0.2, 0.25) is 0 Å². The lowest BCUT2D eigenvalue weighted by Gasteiger charge is -2.12. The zero-order valence-electron chi connectivity index (χ0n) is 11.4. The number of hydrogen-bond donors (Lipinski definition) is 1. The minimum absolute atomic E-state index is 0.0202. The highest BCUT2D eigenvalue weighted by atomic mass is 19.1. The average molecular weight is 261 g/mol. The summed E-state index contributed by atoms with van der Waals surface area (Å²) >= 11 is 0. The van der Waals surface area contributed by atoms with Crippen molar-refractivity contribution in [3.05, 3.63) is 53.1 Å². The molecule has 1 unspecified atom stereocenters. The quantitative estimate of drug-likeness (QED) is 0.898. The van der Waals surface area contributed by atoms with Crippen LogP contribution in [0.4, 0.5) is 4.39 Å². The van der Waals surface area contributed by atoms with E-state index < -0.39 is 0 Å². The SMILES string of the molecule is CCn1nc(C)cc1CC(N)Cc1ccc(F)cc1. The van der Waals surface area contributed by atoms with Crippen molar-refractivity contribution in [2.45, 2.75) is 39.3 Å². The van der Waals surface area contributed by atoms with Gasteiger partial charge in [0.1, 0.15) is 5.82 Å². The van der Waals surface area contributed by atoms with Crippen molar-refractivity contribution in [2.24, 2.45) is 5.73 Å². The molecule has 0 fully saturated rings. The van der Waals surface area contributed by atoms with Crippen LogP contribution in [0.15, 0.2) is 30.3 Å². The fourth-order valence-electron chi connectivity index (χ4n) is 2.30. The lowest BCUT2D eigenvalue weighted by atomic mass is 10.0. The summed E-state index contributed by atoms with van der Waals surface area (Å²) in [4.78, 5) is 0. The number of hydrogen-bond acceptors (Lipinski definition) is 2. The van der Waals surface area contributed by atoms with E-state index in [1.165, 1.54) is 12.1 Å². The lowest BCUT2D eigenvalue weighted by molar-refractivity contribution is 0.573. The Balaban J connectivity index is 2.00. The van der Waals surface area contributed by atoms with Crippen molar-refractivity contribution in [3.63, 3.8) is 0 Å². The van der Waals surface area contributed by atoms with Crippen LogP contribution < -0.4 is 5.73 Å². The molecule has 0 aliphatic carbocycles. The van der Waals surface area contributed by atoms with Gasteiger partial charge in [0.05, 0.1) is 5.69 Å². The second kappa shape index (κ2) is 5.97. The van der Waals surface area contributed by atoms with E-state index in [0.29, 0.717) is 0 Å². The summed E-state index contributed by atoms with van der Waals surface area (Å²) in [6.45, 7) is 4.91. The minimum atomic E-state index is -0.211. The molecule has 1 aromatic heterocycles. The monoisotopic (exact) mass is 261 g/mol. The van der Waals surface area contributed by atoms with Crippen LogP contribution in [0.1, 0.15) is 23.9 Å². The van der Waals surface area contributed by atoms with E-state index >= 15 is 0 Å². The Morgan fingerprint density at radius 3 is 2.58 bits per heavy atom. The van der Waals surface area contributed by atoms with Gasteiger partial charge in [-0.05, 0) is 44.0 Å². The maximum atomic E-state index is 12.8. The number of rotatable bonds is 5. The molecule has 0 bridgehead atoms. The lowest BCUT2D eigenvalue weighted by Crippen LogP contribution is -2.26. The van der Waals surface area contributed by atoms with Crippen molar-refractivity contribution in [2.75, 3.05) is 0 Å². The Morgan fingerprint density at radius 2 is 1.95 bits per heavy atom. The molecule has 1 aromatic carbocycles. The van der Waals surface area contributed by atoms with Gasteiger partial charge in [-0.25, -0.2) is 4.39 Å². The third-order valence-electron chi connectivity index (χ3n) is 3.17. The second-order valence-corrected chi connectivity index (χ2v) is 4.89. The van der Waals surface area contributed by atoms with E-state index in [2.05, 4.69) is 18.1 Å². The first-order valence-corrected chi connectivity index (χ1v) is 6.62. The Bertz CT molecular complexity index is 531. The number of aromatic nitrogens is 2. The van der Waals surface area contributed by atoms with Crippen molar-refractivity contribution >= 4 is 0 Å². The zero-order valence-corrected chi connectivity index (χ0v) is 11.4. The highest BCUT2D eigenvalue weighted by molar-refractivity contribution is 5.18. The van der Waals surface area contributed by atoms with Crippen LogP contribution in [0, 0.1) is 12.7 Å². The molecule has 0 amide bonds. The number of nitrogens with two attached hydrogens (primary N) is 1. The summed E-state index contributed by atoms with van der Waals surface area (Å²) < 4.78 is 14.8. The first-order chi connectivity index (χ1) is 9.08. The fourth-order valence-corrected chi connectivity index (χ4v) is 2.30. The Hall–Kier alpha value is -1.68. The van der Waals surface area contributed by atoms with Gasteiger partial charge in [-0.15, -0.1) is 0 Å². The number of halogens is 1. The highest BCUT2D eigenvalue weighted by Gasteiger charge is 2.10. The van der Waals surface area contributed by atoms with Crippen LogP contribution in [-0.2, 0) is 19.4 Å². The summed E-state index contributed by atoms with van der Waals surface area (Å²) in [6.07, 6.45) is 1.53. The third-order valence-corrected chi connectivity index (χ3v) is 3.17. The van der Waals surface area contributed by atoms with Gasteiger partial charge < -0.3 is 5.73 Å². The zero-order chi connectivity index (χ0) is 13.8. The average Bonchev–Trinajstić information content (AvgIpc) is 2.72. The van der Waals surface area contributed by atoms with Gasteiger partial charge in [-0.2, -0.15) is 5.10 Å². The van der Waals surface area contributed by atoms with E-state index in [-0.39, 0.29) is 11.9 Å². The van der Waals surface area contributed by atoms with Gasteiger partial charge >= 0.3 is 0 Å². The molecule has 1 heterocycles. The van der Waals surface area contributed by atoms with Crippen LogP contribution in [0.2, 0.25) is 0 Å². The molecule has 1 atom stereocenters. The number of benzene rings is 1. The van der Waals surface area contributed by atoms with Gasteiger partial charge in [-0.1, -0.05) is 12.1 Å². The normalized spacial score (nSPS) is 12.6. The largest absolute Gasteiger partial charge is 0.327 e. The molecule has 19 heavy (non-hydrogen) atoms. The van der Waals surface area contributed by atoms with Gasteiger partial charge in [0, 0.05) is 24.7 Å². The number of nitrogens with zero attached hydrogens (tertiary/aromatic N) is 2. The van der Waals surface area contributed by atoms with E-state index in [4.69, 9.17) is 5.73 Å². The third kappa shape index (κ3) is 3.64. The maximum Gasteiger partial charge on any atom is 0.123 e. The predicted molar refractivity (Wildman–Crippen MR) is 74.4 cm³/mol. The Morgan fingerprint density at radius 1 is 1.26 bits per heavy atom. The summed E-state index contributed by atoms with van der Waals surface area (Å²) in [5.41, 5.74) is 9.42. The standard InChI is InChI=1S/C15H20FN3/c1-3-19-15(8-11(2)18-19)10-14(17)9-12-4-6-13(16)7-5-12/h4-8,14H,3,9-10,17H2,1-2H3. The Labute approximate surface area is 113 Å². The van der Waals surface area contributed by atoms with E-state index in [0.717, 1.165) is 36.3 Å². The van der Waals surface area contributed by atoms with Crippen molar-refractivity contribution in [1.29, 1.82) is 0 Å². The van der Waals surface area contributed by atoms with E-state index in [1.807, 2.05) is 11.6 Å². The highest BCUT2D eigenvalue weighted by Crippen LogP contribution is 2.10. The first-order valence-electron chi connectivity index (χ1n) is 6.62. The molecule has 0 saturated heterocycles. The smallest absolute Gasteiger partial charge is 0.123 e. The van der Waals surface area contributed by atoms with Crippen molar-refractivity contribution in [3.8, 4) is 0 Å². The van der Waals surface area contributed by atoms with Crippen molar-refractivity contribution < 1.29 is 4.39 Å². The topological polar surface area (TPSA) is 43.8 Å². The molecule has 0 aliphatic rings. The molecule has 2 rings (SSSR count). The summed E-state index contributed by atoms with van der Waals surface area (Å²) in [5.74, 6) is -0.211. The van der Waals surface area contributed by atoms with Crippen molar-refractivity contribution in [1.82, 2.24) is 9.78 Å². The molecule has 4 heteroatoms. The van der Waals surface area contributed by atoms with E-state index in [1.54, 1.807) is 12.1 Å². The molecule has 2 N–H and O–H groups in total. The molecule has 0 aliphatic heterocycles. The van der Waals surface area contributed by atoms with Gasteiger partial charge in [-0.3, -0.25) is 4.68 Å². The Kier molecular flexibility index (Phi) is 4.32. The second-order valence-electron chi connectivity index (χ2n) is 4.89. The molecule has 0 spiro atoms. The number of aryl methyl sites for hydroxylation is 2. The first kappa shape index (κ1) is 13.7. The van der Waals surface area contributed by atoms with E-state index in [9.17, 15) is 4.39 Å². The molecule has 2 aromatic rings. The minimum Gasteiger partial charge on any atom is -0.327 e. The van der Waals surface area contributed by atoms with Gasteiger partial charge in [0.15, 0.2) is 0 Å². The maximum absolute atomic E-state index is 12.8. The molecule has 102 valence electrons. The fraction of sp³-hybridized carbons (Fsp3) is 0.400.